The lowest BCUT2D eigenvalue weighted by atomic mass is 10.2. The molecule has 0 spiro atoms. The number of nitrogens with zero attached hydrogens (tertiary/aromatic N) is 4. The van der Waals surface area contributed by atoms with E-state index < -0.39 is 0 Å². The van der Waals surface area contributed by atoms with Gasteiger partial charge in [-0.1, -0.05) is 34.9 Å². The number of hydrogen-bond acceptors (Lipinski definition) is 5. The second-order valence-electron chi connectivity index (χ2n) is 4.68. The van der Waals surface area contributed by atoms with Crippen LogP contribution >= 0.6 is 15.9 Å². The van der Waals surface area contributed by atoms with Crippen molar-refractivity contribution in [2.24, 2.45) is 0 Å². The first-order valence-corrected chi connectivity index (χ1v) is 7.95. The van der Waals surface area contributed by atoms with Gasteiger partial charge in [0.2, 0.25) is 5.95 Å². The van der Waals surface area contributed by atoms with Gasteiger partial charge in [-0.25, -0.2) is 4.68 Å². The van der Waals surface area contributed by atoms with Gasteiger partial charge in [0.15, 0.2) is 0 Å². The monoisotopic (exact) mass is 353 g/mol. The summed E-state index contributed by atoms with van der Waals surface area (Å²) in [6.45, 7) is 6.31. The Balaban J connectivity index is 2.07. The molecule has 2 rings (SSSR count). The Labute approximate surface area is 133 Å². The molecule has 0 aliphatic rings. The first kappa shape index (κ1) is 15.8. The summed E-state index contributed by atoms with van der Waals surface area (Å²) in [5.74, 6) is 1.57. The molecule has 1 aromatic carbocycles. The molecule has 7 heteroatoms. The third kappa shape index (κ3) is 4.42. The van der Waals surface area contributed by atoms with Crippen LogP contribution in [0, 0.1) is 0 Å². The van der Waals surface area contributed by atoms with Crippen molar-refractivity contribution in [3.05, 3.63) is 28.2 Å². The molecule has 0 saturated carbocycles. The average Bonchev–Trinajstić information content (AvgIpc) is 2.92. The average molecular weight is 354 g/mol. The molecule has 0 atom stereocenters. The summed E-state index contributed by atoms with van der Waals surface area (Å²) in [6.07, 6.45) is 1.97. The molecule has 6 nitrogen and oxygen atoms in total. The van der Waals surface area contributed by atoms with Crippen LogP contribution in [0.1, 0.15) is 32.3 Å². The van der Waals surface area contributed by atoms with Crippen LogP contribution in [0.5, 0.6) is 5.75 Å². The van der Waals surface area contributed by atoms with Crippen molar-refractivity contribution in [3.8, 4) is 5.75 Å². The first-order chi connectivity index (χ1) is 10.2. The van der Waals surface area contributed by atoms with Gasteiger partial charge < -0.3 is 10.1 Å². The maximum absolute atomic E-state index is 5.77. The van der Waals surface area contributed by atoms with E-state index in [1.54, 1.807) is 4.68 Å². The van der Waals surface area contributed by atoms with E-state index in [9.17, 15) is 0 Å². The minimum absolute atomic E-state index is 0.614. The summed E-state index contributed by atoms with van der Waals surface area (Å²) in [5, 5.41) is 14.9. The van der Waals surface area contributed by atoms with Crippen molar-refractivity contribution in [3.63, 3.8) is 0 Å². The molecule has 0 aliphatic heterocycles. The number of hydrogen-bond donors (Lipinski definition) is 1. The zero-order chi connectivity index (χ0) is 15.1. The Morgan fingerprint density at radius 3 is 2.90 bits per heavy atom. The zero-order valence-electron chi connectivity index (χ0n) is 12.3. The lowest BCUT2D eigenvalue weighted by Crippen LogP contribution is -2.10. The molecule has 1 aromatic heterocycles. The highest BCUT2D eigenvalue weighted by Gasteiger charge is 2.08. The van der Waals surface area contributed by atoms with Crippen molar-refractivity contribution >= 4 is 21.9 Å². The van der Waals surface area contributed by atoms with Crippen LogP contribution in [0.3, 0.4) is 0 Å². The Morgan fingerprint density at radius 1 is 1.29 bits per heavy atom. The quantitative estimate of drug-likeness (QED) is 0.788. The molecule has 0 fully saturated rings. The van der Waals surface area contributed by atoms with Gasteiger partial charge in [0.1, 0.15) is 5.75 Å². The lowest BCUT2D eigenvalue weighted by molar-refractivity contribution is 0.314. The maximum atomic E-state index is 5.77. The third-order valence-corrected chi connectivity index (χ3v) is 3.38. The van der Waals surface area contributed by atoms with Gasteiger partial charge in [0, 0.05) is 23.1 Å². The van der Waals surface area contributed by atoms with Gasteiger partial charge in [-0.05, 0) is 41.5 Å². The van der Waals surface area contributed by atoms with Crippen molar-refractivity contribution in [2.45, 2.75) is 39.8 Å². The molecule has 0 amide bonds. The summed E-state index contributed by atoms with van der Waals surface area (Å²) < 4.78 is 8.56. The molecule has 114 valence electrons. The van der Waals surface area contributed by atoms with Crippen molar-refractivity contribution in [1.82, 2.24) is 20.2 Å². The molecule has 1 N–H and O–H groups in total. The van der Waals surface area contributed by atoms with Crippen molar-refractivity contribution in [1.29, 1.82) is 0 Å². The Bertz CT molecular complexity index is 572. The SMILES string of the molecule is CCCOc1ccc(Br)cc1CNc1nnnn1CCC. The first-order valence-electron chi connectivity index (χ1n) is 7.15. The fraction of sp³-hybridized carbons (Fsp3) is 0.500. The second-order valence-corrected chi connectivity index (χ2v) is 5.60. The third-order valence-electron chi connectivity index (χ3n) is 2.89. The minimum atomic E-state index is 0.614. The number of aryl methyl sites for hydroxylation is 1. The van der Waals surface area contributed by atoms with Crippen molar-refractivity contribution < 1.29 is 4.74 Å². The highest BCUT2D eigenvalue weighted by atomic mass is 79.9. The summed E-state index contributed by atoms with van der Waals surface area (Å²) in [6, 6.07) is 6.01. The van der Waals surface area contributed by atoms with Crippen LogP contribution in [0.15, 0.2) is 22.7 Å². The number of aromatic nitrogens is 4. The van der Waals surface area contributed by atoms with Crippen LogP contribution < -0.4 is 10.1 Å². The van der Waals surface area contributed by atoms with E-state index in [0.29, 0.717) is 19.1 Å². The highest BCUT2D eigenvalue weighted by molar-refractivity contribution is 9.10. The van der Waals surface area contributed by atoms with E-state index in [1.807, 2.05) is 18.2 Å². The van der Waals surface area contributed by atoms with Crippen LogP contribution in [0.2, 0.25) is 0 Å². The van der Waals surface area contributed by atoms with Crippen LogP contribution in [-0.2, 0) is 13.1 Å². The number of ether oxygens (including phenoxy) is 1. The Kier molecular flexibility index (Phi) is 5.98. The fourth-order valence-corrected chi connectivity index (χ4v) is 2.32. The number of benzene rings is 1. The summed E-state index contributed by atoms with van der Waals surface area (Å²) in [7, 11) is 0. The number of anilines is 1. The van der Waals surface area contributed by atoms with Gasteiger partial charge in [-0.3, -0.25) is 0 Å². The van der Waals surface area contributed by atoms with Crippen LogP contribution in [-0.4, -0.2) is 26.8 Å². The van der Waals surface area contributed by atoms with E-state index in [4.69, 9.17) is 4.74 Å². The molecule has 21 heavy (non-hydrogen) atoms. The molecular formula is C14H20BrN5O. The second kappa shape index (κ2) is 7.97. The number of nitrogens with one attached hydrogen (secondary N) is 1. The summed E-state index contributed by atoms with van der Waals surface area (Å²) in [4.78, 5) is 0. The van der Waals surface area contributed by atoms with Crippen LogP contribution in [0.25, 0.3) is 0 Å². The molecule has 2 aromatic rings. The topological polar surface area (TPSA) is 64.9 Å². The zero-order valence-corrected chi connectivity index (χ0v) is 13.9. The fourth-order valence-electron chi connectivity index (χ4n) is 1.91. The largest absolute Gasteiger partial charge is 0.493 e. The highest BCUT2D eigenvalue weighted by Crippen LogP contribution is 2.24. The predicted molar refractivity (Wildman–Crippen MR) is 85.4 cm³/mol. The van der Waals surface area contributed by atoms with Crippen LogP contribution in [0.4, 0.5) is 5.95 Å². The molecular weight excluding hydrogens is 334 g/mol. The van der Waals surface area contributed by atoms with E-state index >= 15 is 0 Å². The normalized spacial score (nSPS) is 10.6. The molecule has 0 bridgehead atoms. The summed E-state index contributed by atoms with van der Waals surface area (Å²) >= 11 is 3.49. The number of halogens is 1. The molecule has 0 unspecified atom stereocenters. The van der Waals surface area contributed by atoms with Crippen molar-refractivity contribution in [2.75, 3.05) is 11.9 Å². The van der Waals surface area contributed by atoms with Gasteiger partial charge >= 0.3 is 0 Å². The van der Waals surface area contributed by atoms with Gasteiger partial charge in [-0.2, -0.15) is 0 Å². The molecule has 0 saturated heterocycles. The van der Waals surface area contributed by atoms with E-state index in [2.05, 4.69) is 50.6 Å². The van der Waals surface area contributed by atoms with E-state index in [-0.39, 0.29) is 0 Å². The van der Waals surface area contributed by atoms with Gasteiger partial charge in [-0.15, -0.1) is 0 Å². The Hall–Kier alpha value is -1.63. The minimum Gasteiger partial charge on any atom is -0.493 e. The number of tetrazole rings is 1. The number of rotatable bonds is 8. The lowest BCUT2D eigenvalue weighted by Gasteiger charge is -2.12. The van der Waals surface area contributed by atoms with E-state index in [0.717, 1.165) is 35.2 Å². The maximum Gasteiger partial charge on any atom is 0.243 e. The Morgan fingerprint density at radius 2 is 2.14 bits per heavy atom. The molecule has 1 heterocycles. The summed E-state index contributed by atoms with van der Waals surface area (Å²) in [5.41, 5.74) is 1.07. The van der Waals surface area contributed by atoms with E-state index in [1.165, 1.54) is 0 Å². The molecule has 0 aliphatic carbocycles. The van der Waals surface area contributed by atoms with Gasteiger partial charge in [0.05, 0.1) is 6.61 Å². The molecule has 0 radical (unpaired) electrons. The predicted octanol–water partition coefficient (Wildman–Crippen LogP) is 3.25. The van der Waals surface area contributed by atoms with Gasteiger partial charge in [0.25, 0.3) is 0 Å². The standard InChI is InChI=1S/C14H20BrN5O/c1-3-7-20-14(17-18-19-20)16-10-11-9-12(15)5-6-13(11)21-8-4-2/h5-6,9H,3-4,7-8,10H2,1-2H3,(H,16,17,19). The smallest absolute Gasteiger partial charge is 0.243 e.